The molecule has 5 nitrogen and oxygen atoms in total. The average molecular weight is 330 g/mol. The zero-order valence-electron chi connectivity index (χ0n) is 11.0. The molecule has 0 heterocycles. The third kappa shape index (κ3) is 3.26. The van der Waals surface area contributed by atoms with Crippen LogP contribution in [-0.2, 0) is 16.0 Å². The van der Waals surface area contributed by atoms with Gasteiger partial charge in [0.1, 0.15) is 11.2 Å². The van der Waals surface area contributed by atoms with Crippen LogP contribution in [0.25, 0.3) is 0 Å². The van der Waals surface area contributed by atoms with Crippen LogP contribution in [0.1, 0.15) is 12.5 Å². The van der Waals surface area contributed by atoms with E-state index in [1.54, 1.807) is 18.2 Å². The first kappa shape index (κ1) is 15.5. The van der Waals surface area contributed by atoms with Crippen molar-refractivity contribution in [3.05, 3.63) is 28.2 Å². The van der Waals surface area contributed by atoms with Crippen molar-refractivity contribution in [2.75, 3.05) is 14.2 Å². The van der Waals surface area contributed by atoms with Gasteiger partial charge in [-0.25, -0.2) is 0 Å². The Labute approximate surface area is 120 Å². The summed E-state index contributed by atoms with van der Waals surface area (Å²) in [6.45, 7) is 1.40. The van der Waals surface area contributed by atoms with E-state index >= 15 is 0 Å². The summed E-state index contributed by atoms with van der Waals surface area (Å²) in [6, 6.07) is 5.27. The van der Waals surface area contributed by atoms with E-state index < -0.39 is 17.3 Å². The molecule has 0 aromatic heterocycles. The molecule has 0 saturated heterocycles. The number of rotatable bonds is 5. The molecule has 1 unspecified atom stereocenters. The summed E-state index contributed by atoms with van der Waals surface area (Å²) in [6.07, 6.45) is 0.0463. The minimum atomic E-state index is -1.54. The highest BCUT2D eigenvalue weighted by Gasteiger charge is 2.41. The largest absolute Gasteiger partial charge is 0.496 e. The van der Waals surface area contributed by atoms with Crippen molar-refractivity contribution in [2.24, 2.45) is 5.41 Å². The lowest BCUT2D eigenvalue weighted by atomic mass is 9.82. The molecule has 104 valence electrons. The molecule has 19 heavy (non-hydrogen) atoms. The number of aliphatic carboxylic acids is 1. The molecule has 0 bridgehead atoms. The van der Waals surface area contributed by atoms with Crippen LogP contribution in [0.2, 0.25) is 0 Å². The van der Waals surface area contributed by atoms with Crippen LogP contribution in [0.5, 0.6) is 5.75 Å². The van der Waals surface area contributed by atoms with Crippen LogP contribution in [0.3, 0.4) is 0 Å². The van der Waals surface area contributed by atoms with Gasteiger partial charge in [0.15, 0.2) is 0 Å². The molecule has 1 aromatic rings. The number of methoxy groups -OCH3 is 1. The van der Waals surface area contributed by atoms with Crippen molar-refractivity contribution < 1.29 is 19.4 Å². The molecule has 1 amide bonds. The molecule has 0 aliphatic carbocycles. The first-order chi connectivity index (χ1) is 8.85. The van der Waals surface area contributed by atoms with Crippen molar-refractivity contribution in [1.29, 1.82) is 0 Å². The summed E-state index contributed by atoms with van der Waals surface area (Å²) < 4.78 is 5.99. The van der Waals surface area contributed by atoms with Crippen LogP contribution in [0, 0.1) is 5.41 Å². The van der Waals surface area contributed by atoms with Crippen LogP contribution in [-0.4, -0.2) is 31.1 Å². The topological polar surface area (TPSA) is 75.6 Å². The van der Waals surface area contributed by atoms with Gasteiger partial charge in [-0.3, -0.25) is 9.59 Å². The van der Waals surface area contributed by atoms with Gasteiger partial charge in [-0.2, -0.15) is 0 Å². The number of carbonyl (C=O) groups excluding carboxylic acids is 1. The Balaban J connectivity index is 3.20. The van der Waals surface area contributed by atoms with Gasteiger partial charge in [-0.1, -0.05) is 15.9 Å². The third-order valence-electron chi connectivity index (χ3n) is 2.99. The number of ether oxygens (including phenoxy) is 1. The smallest absolute Gasteiger partial charge is 0.319 e. The minimum absolute atomic E-state index is 0.0463. The van der Waals surface area contributed by atoms with E-state index in [1.807, 2.05) is 0 Å². The lowest BCUT2D eigenvalue weighted by Crippen LogP contribution is -2.44. The van der Waals surface area contributed by atoms with Gasteiger partial charge in [-0.05, 0) is 30.7 Å². The standard InChI is InChI=1S/C13H16BrNO4/c1-13(12(17)18,11(16)15-2)7-8-6-9(14)4-5-10(8)19-3/h4-6H,7H2,1-3H3,(H,15,16)(H,17,18). The molecule has 0 fully saturated rings. The van der Waals surface area contributed by atoms with Gasteiger partial charge in [-0.15, -0.1) is 0 Å². The molecule has 0 radical (unpaired) electrons. The number of hydrogen-bond donors (Lipinski definition) is 2. The quantitative estimate of drug-likeness (QED) is 0.808. The highest BCUT2D eigenvalue weighted by atomic mass is 79.9. The average Bonchev–Trinajstić information content (AvgIpc) is 2.37. The Kier molecular flexibility index (Phi) is 4.94. The number of carbonyl (C=O) groups is 2. The lowest BCUT2D eigenvalue weighted by molar-refractivity contribution is -0.154. The molecular formula is C13H16BrNO4. The molecule has 1 aromatic carbocycles. The summed E-state index contributed by atoms with van der Waals surface area (Å²) in [7, 11) is 2.92. The van der Waals surface area contributed by atoms with E-state index in [1.165, 1.54) is 21.1 Å². The predicted octanol–water partition coefficient (Wildman–Crippen LogP) is 1.84. The van der Waals surface area contributed by atoms with Gasteiger partial charge in [0.2, 0.25) is 5.91 Å². The normalized spacial score (nSPS) is 13.5. The Morgan fingerprint density at radius 2 is 2.11 bits per heavy atom. The van der Waals surface area contributed by atoms with Crippen LogP contribution in [0.15, 0.2) is 22.7 Å². The van der Waals surface area contributed by atoms with Crippen molar-refractivity contribution in [1.82, 2.24) is 5.32 Å². The number of amides is 1. The van der Waals surface area contributed by atoms with Crippen LogP contribution in [0.4, 0.5) is 0 Å². The molecule has 0 spiro atoms. The number of nitrogens with one attached hydrogen (secondary N) is 1. The molecule has 0 aliphatic rings. The summed E-state index contributed by atoms with van der Waals surface area (Å²) >= 11 is 3.32. The van der Waals surface area contributed by atoms with Crippen molar-refractivity contribution in [3.63, 3.8) is 0 Å². The first-order valence-corrected chi connectivity index (χ1v) is 6.42. The van der Waals surface area contributed by atoms with E-state index in [0.717, 1.165) is 4.47 Å². The van der Waals surface area contributed by atoms with Gasteiger partial charge in [0.05, 0.1) is 7.11 Å². The highest BCUT2D eigenvalue weighted by Crippen LogP contribution is 2.31. The van der Waals surface area contributed by atoms with Crippen LogP contribution >= 0.6 is 15.9 Å². The molecule has 0 aliphatic heterocycles. The van der Waals surface area contributed by atoms with E-state index in [4.69, 9.17) is 4.74 Å². The second-order valence-electron chi connectivity index (χ2n) is 4.35. The maximum Gasteiger partial charge on any atom is 0.319 e. The van der Waals surface area contributed by atoms with Crippen molar-refractivity contribution in [2.45, 2.75) is 13.3 Å². The molecule has 1 atom stereocenters. The molecule has 2 N–H and O–H groups in total. The number of carboxylic acids is 1. The van der Waals surface area contributed by atoms with Gasteiger partial charge >= 0.3 is 5.97 Å². The van der Waals surface area contributed by atoms with Gasteiger partial charge in [0.25, 0.3) is 0 Å². The Morgan fingerprint density at radius 3 is 2.58 bits per heavy atom. The van der Waals surface area contributed by atoms with E-state index in [2.05, 4.69) is 21.2 Å². The fourth-order valence-electron chi connectivity index (χ4n) is 1.80. The van der Waals surface area contributed by atoms with Gasteiger partial charge < -0.3 is 15.2 Å². The van der Waals surface area contributed by atoms with E-state index in [-0.39, 0.29) is 6.42 Å². The summed E-state index contributed by atoms with van der Waals surface area (Å²) in [5.74, 6) is -1.16. The maximum absolute atomic E-state index is 11.8. The second-order valence-corrected chi connectivity index (χ2v) is 5.27. The monoisotopic (exact) mass is 329 g/mol. The van der Waals surface area contributed by atoms with Crippen molar-refractivity contribution >= 4 is 27.8 Å². The summed E-state index contributed by atoms with van der Waals surface area (Å²) in [5, 5.41) is 11.7. The fourth-order valence-corrected chi connectivity index (χ4v) is 2.20. The Morgan fingerprint density at radius 1 is 1.47 bits per heavy atom. The number of hydrogen-bond acceptors (Lipinski definition) is 3. The summed E-state index contributed by atoms with van der Waals surface area (Å²) in [5.41, 5.74) is -0.881. The maximum atomic E-state index is 11.8. The predicted molar refractivity (Wildman–Crippen MR) is 74.2 cm³/mol. The number of benzene rings is 1. The molecule has 1 rings (SSSR count). The molecular weight excluding hydrogens is 314 g/mol. The highest BCUT2D eigenvalue weighted by molar-refractivity contribution is 9.10. The zero-order valence-corrected chi connectivity index (χ0v) is 12.6. The number of carboxylic acid groups (broad SMARTS) is 1. The fraction of sp³-hybridized carbons (Fsp3) is 0.385. The van der Waals surface area contributed by atoms with Crippen molar-refractivity contribution in [3.8, 4) is 5.75 Å². The molecule has 6 heteroatoms. The van der Waals surface area contributed by atoms with E-state index in [0.29, 0.717) is 11.3 Å². The molecule has 0 saturated carbocycles. The minimum Gasteiger partial charge on any atom is -0.496 e. The second kappa shape index (κ2) is 6.06. The Hall–Kier alpha value is -1.56. The van der Waals surface area contributed by atoms with Gasteiger partial charge in [0, 0.05) is 17.9 Å². The SMILES string of the molecule is CNC(=O)C(C)(Cc1cc(Br)ccc1OC)C(=O)O. The number of halogens is 1. The zero-order chi connectivity index (χ0) is 14.6. The Bertz CT molecular complexity index is 503. The van der Waals surface area contributed by atoms with E-state index in [9.17, 15) is 14.7 Å². The summed E-state index contributed by atoms with van der Waals surface area (Å²) in [4.78, 5) is 23.2. The van der Waals surface area contributed by atoms with Crippen LogP contribution < -0.4 is 10.1 Å². The first-order valence-electron chi connectivity index (χ1n) is 5.63. The lowest BCUT2D eigenvalue weighted by Gasteiger charge is -2.23. The third-order valence-corrected chi connectivity index (χ3v) is 3.48.